The van der Waals surface area contributed by atoms with Crippen LogP contribution in [-0.4, -0.2) is 32.5 Å². The van der Waals surface area contributed by atoms with E-state index in [1.165, 1.54) is 28.6 Å². The minimum absolute atomic E-state index is 0.0341. The molecule has 0 aliphatic heterocycles. The van der Waals surface area contributed by atoms with E-state index in [0.717, 1.165) is 23.5 Å². The third-order valence-corrected chi connectivity index (χ3v) is 7.35. The van der Waals surface area contributed by atoms with Crippen molar-refractivity contribution < 1.29 is 9.59 Å². The number of allylic oxidation sites excluding steroid dienone is 1. The lowest BCUT2D eigenvalue weighted by atomic mass is 9.72. The van der Waals surface area contributed by atoms with Crippen molar-refractivity contribution >= 4 is 35.0 Å². The molecule has 3 rings (SSSR count). The van der Waals surface area contributed by atoms with Crippen molar-refractivity contribution in [1.82, 2.24) is 20.1 Å². The molecule has 2 aromatic rings. The number of nitrogens with zero attached hydrogens (tertiary/aromatic N) is 3. The number of urea groups is 1. The van der Waals surface area contributed by atoms with Gasteiger partial charge in [-0.15, -0.1) is 28.1 Å². The summed E-state index contributed by atoms with van der Waals surface area (Å²) in [7, 11) is 0. The van der Waals surface area contributed by atoms with Gasteiger partial charge in [0.25, 0.3) is 0 Å². The van der Waals surface area contributed by atoms with Gasteiger partial charge in [-0.3, -0.25) is 14.7 Å². The lowest BCUT2D eigenvalue weighted by molar-refractivity contribution is -0.117. The van der Waals surface area contributed by atoms with Crippen LogP contribution in [0, 0.1) is 11.3 Å². The first-order valence-electron chi connectivity index (χ1n) is 9.57. The maximum atomic E-state index is 11.7. The maximum Gasteiger partial charge on any atom is 0.318 e. The molecule has 1 aliphatic rings. The number of imide groups is 1. The van der Waals surface area contributed by atoms with Crippen LogP contribution in [-0.2, 0) is 24.2 Å². The van der Waals surface area contributed by atoms with Gasteiger partial charge in [0.05, 0.1) is 10.6 Å². The molecule has 0 radical (unpaired) electrons. The summed E-state index contributed by atoms with van der Waals surface area (Å²) < 4.78 is 1.95. The highest BCUT2D eigenvalue weighted by molar-refractivity contribution is 7.99. The van der Waals surface area contributed by atoms with Gasteiger partial charge in [0.15, 0.2) is 11.0 Å². The summed E-state index contributed by atoms with van der Waals surface area (Å²) in [5.41, 5.74) is 6.70. The molecular weight excluding hydrogens is 406 g/mol. The molecule has 2 heterocycles. The normalized spacial score (nSPS) is 16.3. The summed E-state index contributed by atoms with van der Waals surface area (Å²) in [5.74, 6) is 1.04. The number of hydrogen-bond acceptors (Lipinski definition) is 6. The SMILES string of the molecule is C=CCn1c(SCC(=O)NC(N)=O)nnc1-c1cc2c(s1)CC[C@@H](C(C)(C)C)C2. The summed E-state index contributed by atoms with van der Waals surface area (Å²) in [6, 6.07) is 1.39. The molecule has 0 unspecified atom stereocenters. The first-order valence-corrected chi connectivity index (χ1v) is 11.4. The molecule has 0 fully saturated rings. The quantitative estimate of drug-likeness (QED) is 0.535. The van der Waals surface area contributed by atoms with Gasteiger partial charge in [-0.2, -0.15) is 0 Å². The third-order valence-electron chi connectivity index (χ3n) is 5.15. The fraction of sp³-hybridized carbons (Fsp3) is 0.500. The number of fused-ring (bicyclic) bond motifs is 1. The van der Waals surface area contributed by atoms with E-state index in [1.54, 1.807) is 17.4 Å². The van der Waals surface area contributed by atoms with E-state index in [0.29, 0.717) is 23.0 Å². The van der Waals surface area contributed by atoms with Gasteiger partial charge in [0.1, 0.15) is 0 Å². The number of primary amides is 1. The first kappa shape index (κ1) is 21.6. The zero-order chi connectivity index (χ0) is 21.2. The van der Waals surface area contributed by atoms with E-state index >= 15 is 0 Å². The number of nitrogens with one attached hydrogen (secondary N) is 1. The van der Waals surface area contributed by atoms with Crippen LogP contribution in [0.1, 0.15) is 37.6 Å². The Bertz CT molecular complexity index is 926. The smallest absolute Gasteiger partial charge is 0.318 e. The summed E-state index contributed by atoms with van der Waals surface area (Å²) >= 11 is 3.00. The molecule has 0 saturated heterocycles. The van der Waals surface area contributed by atoms with Crippen LogP contribution in [0.15, 0.2) is 23.9 Å². The van der Waals surface area contributed by atoms with Crippen LogP contribution >= 0.6 is 23.1 Å². The van der Waals surface area contributed by atoms with Gasteiger partial charge >= 0.3 is 6.03 Å². The summed E-state index contributed by atoms with van der Waals surface area (Å²) in [6.45, 7) is 11.3. The molecule has 7 nitrogen and oxygen atoms in total. The number of carbonyl (C=O) groups excluding carboxylic acids is 2. The first-order chi connectivity index (χ1) is 13.7. The Morgan fingerprint density at radius 2 is 2.21 bits per heavy atom. The number of aryl methyl sites for hydroxylation is 1. The highest BCUT2D eigenvalue weighted by Gasteiger charge is 2.30. The number of hydrogen-bond donors (Lipinski definition) is 2. The number of carbonyl (C=O) groups is 2. The molecule has 29 heavy (non-hydrogen) atoms. The van der Waals surface area contributed by atoms with Crippen molar-refractivity contribution in [1.29, 1.82) is 0 Å². The van der Waals surface area contributed by atoms with Crippen molar-refractivity contribution in [2.75, 3.05) is 5.75 Å². The van der Waals surface area contributed by atoms with Crippen LogP contribution < -0.4 is 11.1 Å². The Morgan fingerprint density at radius 1 is 1.45 bits per heavy atom. The fourth-order valence-electron chi connectivity index (χ4n) is 3.55. The zero-order valence-corrected chi connectivity index (χ0v) is 18.7. The second kappa shape index (κ2) is 8.71. The Balaban J connectivity index is 1.82. The Labute approximate surface area is 179 Å². The minimum atomic E-state index is -0.860. The molecule has 2 aromatic heterocycles. The second-order valence-corrected chi connectivity index (χ2v) is 10.4. The largest absolute Gasteiger partial charge is 0.351 e. The summed E-state index contributed by atoms with van der Waals surface area (Å²) in [6.07, 6.45) is 5.20. The monoisotopic (exact) mass is 433 g/mol. The number of thioether (sulfide) groups is 1. The second-order valence-electron chi connectivity index (χ2n) is 8.27. The van der Waals surface area contributed by atoms with E-state index in [4.69, 9.17) is 5.73 Å². The van der Waals surface area contributed by atoms with Crippen LogP contribution in [0.25, 0.3) is 10.7 Å². The molecule has 9 heteroatoms. The molecule has 3 amide bonds. The number of nitrogens with two attached hydrogens (primary N) is 1. The number of aromatic nitrogens is 3. The van der Waals surface area contributed by atoms with E-state index in [2.05, 4.69) is 48.9 Å². The van der Waals surface area contributed by atoms with Gasteiger partial charge < -0.3 is 5.73 Å². The predicted octanol–water partition coefficient (Wildman–Crippen LogP) is 3.63. The standard InChI is InChI=1S/C20H27N5O2S2/c1-5-8-25-17(23-24-19(25)28-11-16(26)22-18(21)27)15-10-12-9-13(20(2,3)4)6-7-14(12)29-15/h5,10,13H,1,6-9,11H2,2-4H3,(H3,21,22,26,27)/t13-/m1/s1. The molecule has 0 bridgehead atoms. The maximum absolute atomic E-state index is 11.7. The van der Waals surface area contributed by atoms with Gasteiger partial charge in [-0.1, -0.05) is 38.6 Å². The Morgan fingerprint density at radius 3 is 2.86 bits per heavy atom. The molecule has 0 saturated carbocycles. The van der Waals surface area contributed by atoms with Crippen molar-refractivity contribution in [2.24, 2.45) is 17.1 Å². The van der Waals surface area contributed by atoms with Gasteiger partial charge in [-0.25, -0.2) is 4.79 Å². The van der Waals surface area contributed by atoms with E-state index in [1.807, 2.05) is 4.57 Å². The molecule has 0 spiro atoms. The summed E-state index contributed by atoms with van der Waals surface area (Å²) in [4.78, 5) is 25.0. The van der Waals surface area contributed by atoms with Crippen LogP contribution in [0.3, 0.4) is 0 Å². The van der Waals surface area contributed by atoms with Gasteiger partial charge in [0, 0.05) is 11.4 Å². The van der Waals surface area contributed by atoms with E-state index in [-0.39, 0.29) is 5.75 Å². The van der Waals surface area contributed by atoms with Crippen LogP contribution in [0.5, 0.6) is 0 Å². The van der Waals surface area contributed by atoms with Crippen molar-refractivity contribution in [2.45, 2.75) is 51.7 Å². The summed E-state index contributed by atoms with van der Waals surface area (Å²) in [5, 5.41) is 11.3. The molecule has 3 N–H and O–H groups in total. The Hall–Kier alpha value is -2.13. The zero-order valence-electron chi connectivity index (χ0n) is 17.0. The lowest BCUT2D eigenvalue weighted by Gasteiger charge is -2.33. The van der Waals surface area contributed by atoms with Crippen molar-refractivity contribution in [3.63, 3.8) is 0 Å². The number of amides is 3. The van der Waals surface area contributed by atoms with Gasteiger partial charge in [0.2, 0.25) is 5.91 Å². The van der Waals surface area contributed by atoms with E-state index < -0.39 is 11.9 Å². The third kappa shape index (κ3) is 5.08. The highest BCUT2D eigenvalue weighted by Crippen LogP contribution is 2.42. The molecule has 1 aliphatic carbocycles. The van der Waals surface area contributed by atoms with Gasteiger partial charge in [-0.05, 0) is 42.2 Å². The molecule has 156 valence electrons. The minimum Gasteiger partial charge on any atom is -0.351 e. The molecule has 1 atom stereocenters. The highest BCUT2D eigenvalue weighted by atomic mass is 32.2. The average Bonchev–Trinajstić information content (AvgIpc) is 3.21. The molecular formula is C20H27N5O2S2. The van der Waals surface area contributed by atoms with Crippen molar-refractivity contribution in [3.05, 3.63) is 29.2 Å². The topological polar surface area (TPSA) is 103 Å². The van der Waals surface area contributed by atoms with E-state index in [9.17, 15) is 9.59 Å². The molecule has 0 aromatic carbocycles. The average molecular weight is 434 g/mol. The number of thiophene rings is 1. The fourth-order valence-corrected chi connectivity index (χ4v) is 5.50. The predicted molar refractivity (Wildman–Crippen MR) is 117 cm³/mol. The van der Waals surface area contributed by atoms with Crippen LogP contribution in [0.4, 0.5) is 4.79 Å². The number of rotatable bonds is 6. The van der Waals surface area contributed by atoms with Crippen molar-refractivity contribution in [3.8, 4) is 10.7 Å². The Kier molecular flexibility index (Phi) is 6.48. The van der Waals surface area contributed by atoms with Crippen LogP contribution in [0.2, 0.25) is 0 Å². The lowest BCUT2D eigenvalue weighted by Crippen LogP contribution is -2.36.